The van der Waals surface area contributed by atoms with Gasteiger partial charge in [0.25, 0.3) is 6.71 Å². The van der Waals surface area contributed by atoms with Crippen molar-refractivity contribution in [1.29, 1.82) is 0 Å². The molecule has 0 saturated heterocycles. The average Bonchev–Trinajstić information content (AvgIpc) is 3.25. The van der Waals surface area contributed by atoms with Crippen LogP contribution in [-0.2, 0) is 11.8 Å². The second kappa shape index (κ2) is 18.1. The predicted molar refractivity (Wildman–Crippen MR) is 340 cm³/mol. The van der Waals surface area contributed by atoms with Crippen LogP contribution in [-0.4, -0.2) is 6.71 Å². The molecule has 13 aromatic rings. The number of para-hydroxylation sites is 3. The summed E-state index contributed by atoms with van der Waals surface area (Å²) in [4.78, 5) is 7.52. The Bertz CT molecular complexity index is 4720. The van der Waals surface area contributed by atoms with Gasteiger partial charge in [0.2, 0.25) is 0 Å². The van der Waals surface area contributed by atoms with E-state index >= 15 is 0 Å². The summed E-state index contributed by atoms with van der Waals surface area (Å²) in [6.07, 6.45) is 4.29. The van der Waals surface area contributed by atoms with Gasteiger partial charge in [-0.15, -0.1) is 0 Å². The van der Waals surface area contributed by atoms with Gasteiger partial charge in [-0.1, -0.05) is 172 Å². The van der Waals surface area contributed by atoms with Gasteiger partial charge in [-0.3, -0.25) is 0 Å². The van der Waals surface area contributed by atoms with Crippen molar-refractivity contribution in [2.75, 3.05) is 14.7 Å². The van der Waals surface area contributed by atoms with E-state index in [0.717, 1.165) is 103 Å². The quantitative estimate of drug-likeness (QED) is 0.149. The molecule has 0 saturated carbocycles. The molecule has 16 rings (SSSR count). The van der Waals surface area contributed by atoms with Crippen molar-refractivity contribution in [3.8, 4) is 11.1 Å². The van der Waals surface area contributed by atoms with E-state index in [1.54, 1.807) is 0 Å². The third kappa shape index (κ3) is 7.47. The molecule has 0 N–H and O–H groups in total. The van der Waals surface area contributed by atoms with Crippen molar-refractivity contribution in [2.24, 2.45) is 0 Å². The number of nitrogens with zero attached hydrogens (tertiary/aromatic N) is 3. The minimum Gasteiger partial charge on any atom is -0.456 e. The predicted octanol–water partition coefficient (Wildman–Crippen LogP) is 18.7. The van der Waals surface area contributed by atoms with Crippen LogP contribution in [0.5, 0.6) is 0 Å². The van der Waals surface area contributed by atoms with Crippen molar-refractivity contribution in [3.63, 3.8) is 0 Å². The van der Waals surface area contributed by atoms with E-state index in [1.807, 2.05) is 6.07 Å². The molecule has 6 heteroatoms. The van der Waals surface area contributed by atoms with E-state index in [1.165, 1.54) is 66.1 Å². The summed E-state index contributed by atoms with van der Waals surface area (Å²) in [6, 6.07) is 87.3. The topological polar surface area (TPSA) is 36.0 Å². The minimum absolute atomic E-state index is 0.0942. The molecule has 2 aliphatic heterocycles. The lowest BCUT2D eigenvalue weighted by atomic mass is 9.33. The molecule has 0 unspecified atom stereocenters. The van der Waals surface area contributed by atoms with E-state index in [9.17, 15) is 0 Å². The fourth-order valence-corrected chi connectivity index (χ4v) is 13.6. The molecule has 0 bridgehead atoms. The van der Waals surface area contributed by atoms with E-state index in [-0.39, 0.29) is 12.1 Å². The second-order valence-electron chi connectivity index (χ2n) is 23.2. The minimum atomic E-state index is -0.0953. The number of benzene rings is 11. The number of hydrogen-bond donors (Lipinski definition) is 0. The number of allylic oxidation sites excluding steroid dienone is 1. The zero-order valence-corrected chi connectivity index (χ0v) is 45.7. The number of rotatable bonds is 7. The Balaban J connectivity index is 0.946. The zero-order valence-electron chi connectivity index (χ0n) is 45.7. The van der Waals surface area contributed by atoms with Crippen LogP contribution in [0.2, 0.25) is 0 Å². The van der Waals surface area contributed by atoms with Crippen molar-refractivity contribution in [2.45, 2.75) is 46.0 Å². The van der Waals surface area contributed by atoms with Crippen LogP contribution in [0.3, 0.4) is 0 Å². The molecule has 5 nitrogen and oxygen atoms in total. The van der Waals surface area contributed by atoms with Gasteiger partial charge in [0.15, 0.2) is 0 Å². The Morgan fingerprint density at radius 2 is 1.14 bits per heavy atom. The maximum Gasteiger partial charge on any atom is 0.252 e. The smallest absolute Gasteiger partial charge is 0.252 e. The summed E-state index contributed by atoms with van der Waals surface area (Å²) in [6.45, 7) is 9.14. The molecule has 0 radical (unpaired) electrons. The molecular formula is C75H56BN3O2. The molecule has 0 atom stereocenters. The number of furan rings is 2. The summed E-state index contributed by atoms with van der Waals surface area (Å²) in [5.41, 5.74) is 24.9. The third-order valence-corrected chi connectivity index (χ3v) is 17.3. The summed E-state index contributed by atoms with van der Waals surface area (Å²) in [5, 5.41) is 5.86. The first-order valence-electron chi connectivity index (χ1n) is 28.4. The lowest BCUT2D eigenvalue weighted by Gasteiger charge is -2.45. The SMILES string of the molecule is Cc1cc2c3c(c1)N(c1ccc(C4=CCCc5c4oc4ccccc54)cc1)c1cc(N(c4ccccc4)c4ccc5ccccc5c4-c4ccccc4)ccc1B3c1cc(C(C)(C)C)ccc1N2c1ccc2c(c1)oc1ccccc12. The highest BCUT2D eigenvalue weighted by Gasteiger charge is 2.44. The molecule has 3 aliphatic rings. The van der Waals surface area contributed by atoms with Crippen LogP contribution in [0.1, 0.15) is 55.2 Å². The summed E-state index contributed by atoms with van der Waals surface area (Å²) in [7, 11) is 0. The highest BCUT2D eigenvalue weighted by atomic mass is 16.3. The van der Waals surface area contributed by atoms with Crippen LogP contribution in [0.4, 0.5) is 51.2 Å². The highest BCUT2D eigenvalue weighted by molar-refractivity contribution is 7.00. The number of aryl methyl sites for hydroxylation is 2. The number of anilines is 9. The fourth-order valence-electron chi connectivity index (χ4n) is 13.6. The molecule has 81 heavy (non-hydrogen) atoms. The Morgan fingerprint density at radius 1 is 0.469 bits per heavy atom. The van der Waals surface area contributed by atoms with Gasteiger partial charge in [-0.05, 0) is 160 Å². The average molecular weight is 1040 g/mol. The highest BCUT2D eigenvalue weighted by Crippen LogP contribution is 2.50. The fraction of sp³-hybridized carbons (Fsp3) is 0.0933. The Morgan fingerprint density at radius 3 is 1.91 bits per heavy atom. The first-order chi connectivity index (χ1) is 39.7. The van der Waals surface area contributed by atoms with E-state index in [4.69, 9.17) is 8.83 Å². The van der Waals surface area contributed by atoms with Crippen molar-refractivity contribution in [1.82, 2.24) is 0 Å². The number of hydrogen-bond acceptors (Lipinski definition) is 5. The molecular weight excluding hydrogens is 986 g/mol. The van der Waals surface area contributed by atoms with E-state index in [2.05, 4.69) is 279 Å². The first-order valence-corrected chi connectivity index (χ1v) is 28.4. The molecule has 0 amide bonds. The van der Waals surface area contributed by atoms with Gasteiger partial charge in [0.1, 0.15) is 22.5 Å². The van der Waals surface area contributed by atoms with Crippen molar-refractivity contribution < 1.29 is 8.83 Å². The third-order valence-electron chi connectivity index (χ3n) is 17.3. The van der Waals surface area contributed by atoms with Gasteiger partial charge in [-0.2, -0.15) is 0 Å². The molecule has 4 heterocycles. The largest absolute Gasteiger partial charge is 0.456 e. The summed E-state index contributed by atoms with van der Waals surface area (Å²) < 4.78 is 13.3. The standard InChI is InChI=1S/C75H56BN3O2/c1-47-42-67-73-68(43-47)79(55-36-38-60-58-24-13-15-28-69(58)80-71(60)46-55)64-41-33-51(75(2,3)4)44-63(64)76(73)62-39-37-54(77(52-21-9-6-10-22-52)65-40-32-48-18-11-12-23-56(48)72(65)50-19-7-5-8-20-50)45-66(62)78(67)53-34-30-49(31-35-53)57-26-17-27-61-59-25-14-16-29-70(59)81-74(57)61/h5-16,18-26,28-46H,17,27H2,1-4H3. The van der Waals surface area contributed by atoms with Crippen molar-refractivity contribution in [3.05, 3.63) is 271 Å². The van der Waals surface area contributed by atoms with Gasteiger partial charge in [-0.25, -0.2) is 0 Å². The monoisotopic (exact) mass is 1040 g/mol. The van der Waals surface area contributed by atoms with Crippen molar-refractivity contribution >= 4 is 124 Å². The van der Waals surface area contributed by atoms with Gasteiger partial charge in [0.05, 0.1) is 5.69 Å². The molecule has 1 aliphatic carbocycles. The molecule has 386 valence electrons. The van der Waals surface area contributed by atoms with Crippen LogP contribution in [0.15, 0.2) is 251 Å². The molecule has 11 aromatic carbocycles. The van der Waals surface area contributed by atoms with Crippen LogP contribution < -0.4 is 31.1 Å². The second-order valence-corrected chi connectivity index (χ2v) is 23.2. The lowest BCUT2D eigenvalue weighted by molar-refractivity contribution is 0.590. The van der Waals surface area contributed by atoms with E-state index < -0.39 is 0 Å². The molecule has 2 aromatic heterocycles. The van der Waals surface area contributed by atoms with Gasteiger partial charge >= 0.3 is 0 Å². The zero-order chi connectivity index (χ0) is 54.1. The molecule has 0 spiro atoms. The normalized spacial score (nSPS) is 13.6. The molecule has 0 fully saturated rings. The van der Waals surface area contributed by atoms with Crippen LogP contribution in [0, 0.1) is 6.92 Å². The van der Waals surface area contributed by atoms with Gasteiger partial charge < -0.3 is 23.5 Å². The maximum atomic E-state index is 6.67. The van der Waals surface area contributed by atoms with Crippen LogP contribution >= 0.6 is 0 Å². The summed E-state index contributed by atoms with van der Waals surface area (Å²) >= 11 is 0. The maximum absolute atomic E-state index is 6.67. The lowest BCUT2D eigenvalue weighted by Crippen LogP contribution is -2.61. The number of fused-ring (bicyclic) bond motifs is 11. The Kier molecular flexibility index (Phi) is 10.6. The Hall–Kier alpha value is -9.78. The summed E-state index contributed by atoms with van der Waals surface area (Å²) in [5.74, 6) is 0.984. The first kappa shape index (κ1) is 47.2. The van der Waals surface area contributed by atoms with Crippen LogP contribution in [0.25, 0.3) is 60.4 Å². The van der Waals surface area contributed by atoms with Gasteiger partial charge in [0, 0.05) is 84.4 Å². The van der Waals surface area contributed by atoms with E-state index in [0.29, 0.717) is 0 Å². The Labute approximate surface area is 472 Å².